The van der Waals surface area contributed by atoms with Crippen LogP contribution in [0.15, 0.2) is 66.7 Å². The fourth-order valence-corrected chi connectivity index (χ4v) is 5.78. The summed E-state index contributed by atoms with van der Waals surface area (Å²) in [7, 11) is 0. The lowest BCUT2D eigenvalue weighted by Gasteiger charge is -2.33. The Morgan fingerprint density at radius 2 is 1.78 bits per heavy atom. The summed E-state index contributed by atoms with van der Waals surface area (Å²) in [6.45, 7) is 0.344. The molecule has 4 nitrogen and oxygen atoms in total. The van der Waals surface area contributed by atoms with Crippen molar-refractivity contribution in [1.82, 2.24) is 4.90 Å². The summed E-state index contributed by atoms with van der Waals surface area (Å²) in [5, 5.41) is 0. The van der Waals surface area contributed by atoms with Crippen molar-refractivity contribution in [2.75, 3.05) is 17.2 Å². The van der Waals surface area contributed by atoms with Crippen LogP contribution in [-0.2, 0) is 16.2 Å². The second-order valence-corrected chi connectivity index (χ2v) is 8.90. The van der Waals surface area contributed by atoms with E-state index in [1.807, 2.05) is 0 Å². The van der Waals surface area contributed by atoms with Crippen molar-refractivity contribution >= 4 is 29.3 Å². The molecule has 2 heterocycles. The average Bonchev–Trinajstić information content (AvgIpc) is 3.33. The van der Waals surface area contributed by atoms with Crippen molar-refractivity contribution in [3.05, 3.63) is 101 Å². The summed E-state index contributed by atoms with van der Waals surface area (Å²) in [5.74, 6) is -2.73. The Balaban J connectivity index is 1.57. The molecule has 8 heteroatoms. The number of benzene rings is 3. The number of carbonyl (C=O) groups excluding carboxylic acids is 2. The first-order valence-electron chi connectivity index (χ1n) is 9.99. The molecule has 3 aromatic carbocycles. The molecule has 1 spiro atoms. The van der Waals surface area contributed by atoms with E-state index in [4.69, 9.17) is 0 Å². The molecule has 0 radical (unpaired) electrons. The maximum absolute atomic E-state index is 13.8. The Hall–Kier alpha value is -3.26. The van der Waals surface area contributed by atoms with Gasteiger partial charge in [0, 0.05) is 23.4 Å². The van der Waals surface area contributed by atoms with E-state index in [0.29, 0.717) is 29.1 Å². The van der Waals surface area contributed by atoms with Crippen LogP contribution in [0.25, 0.3) is 0 Å². The van der Waals surface area contributed by atoms with E-state index < -0.39 is 28.2 Å². The summed E-state index contributed by atoms with van der Waals surface area (Å²) in [5.41, 5.74) is 1.85. The van der Waals surface area contributed by atoms with Crippen molar-refractivity contribution in [3.63, 3.8) is 0 Å². The number of rotatable bonds is 3. The van der Waals surface area contributed by atoms with Crippen LogP contribution in [0.3, 0.4) is 0 Å². The van der Waals surface area contributed by atoms with Crippen LogP contribution in [0.5, 0.6) is 0 Å². The van der Waals surface area contributed by atoms with Gasteiger partial charge in [0.15, 0.2) is 16.5 Å². The normalized spacial score (nSPS) is 19.7. The smallest absolute Gasteiger partial charge is 0.268 e. The molecule has 162 valence electrons. The van der Waals surface area contributed by atoms with Gasteiger partial charge in [-0.1, -0.05) is 30.3 Å². The first-order chi connectivity index (χ1) is 15.4. The van der Waals surface area contributed by atoms with Gasteiger partial charge < -0.3 is 9.80 Å². The molecule has 1 saturated heterocycles. The highest BCUT2D eigenvalue weighted by Gasteiger charge is 2.59. The van der Waals surface area contributed by atoms with E-state index in [9.17, 15) is 22.8 Å². The van der Waals surface area contributed by atoms with Crippen molar-refractivity contribution in [2.45, 2.75) is 11.4 Å². The molecule has 0 saturated carbocycles. The van der Waals surface area contributed by atoms with Gasteiger partial charge in [-0.25, -0.2) is 13.2 Å². The van der Waals surface area contributed by atoms with Crippen LogP contribution >= 0.6 is 11.8 Å². The molecule has 0 N–H and O–H groups in total. The summed E-state index contributed by atoms with van der Waals surface area (Å²) in [6.07, 6.45) is 0. The van der Waals surface area contributed by atoms with E-state index in [2.05, 4.69) is 0 Å². The molecule has 2 aliphatic heterocycles. The molecule has 5 rings (SSSR count). The molecular weight excluding hydrogens is 437 g/mol. The third kappa shape index (κ3) is 3.09. The Morgan fingerprint density at radius 3 is 2.56 bits per heavy atom. The standard InChI is InChI=1S/C24H17F3N2O2S/c25-17-5-3-4-16(13-17)22(30)29-10-11-32-24(29)18-6-1-2-7-21(18)28(23(24)31)14-15-8-9-19(26)20(27)12-15/h1-9,12-13H,10-11,14H2. The molecule has 0 aliphatic carbocycles. The van der Waals surface area contributed by atoms with Gasteiger partial charge in [-0.2, -0.15) is 0 Å². The van der Waals surface area contributed by atoms with Crippen LogP contribution in [0, 0.1) is 17.5 Å². The maximum atomic E-state index is 13.8. The number of carbonyl (C=O) groups is 2. The second kappa shape index (κ2) is 7.70. The van der Waals surface area contributed by atoms with Crippen LogP contribution in [0.4, 0.5) is 18.9 Å². The average molecular weight is 454 g/mol. The zero-order valence-electron chi connectivity index (χ0n) is 16.7. The number of hydrogen-bond donors (Lipinski definition) is 0. The van der Waals surface area contributed by atoms with E-state index in [1.165, 1.54) is 45.8 Å². The Bertz CT molecular complexity index is 1250. The minimum absolute atomic E-state index is 0.0252. The molecule has 2 amide bonds. The lowest BCUT2D eigenvalue weighted by Crippen LogP contribution is -2.50. The van der Waals surface area contributed by atoms with E-state index >= 15 is 0 Å². The minimum atomic E-state index is -1.29. The highest BCUT2D eigenvalue weighted by Crippen LogP contribution is 2.54. The fraction of sp³-hybridized carbons (Fsp3) is 0.167. The van der Waals surface area contributed by atoms with Crippen molar-refractivity contribution in [2.24, 2.45) is 0 Å². The number of halogens is 3. The Labute approximate surface area is 186 Å². The maximum Gasteiger partial charge on any atom is 0.268 e. The lowest BCUT2D eigenvalue weighted by atomic mass is 10.0. The number of thioether (sulfide) groups is 1. The number of fused-ring (bicyclic) bond motifs is 2. The van der Waals surface area contributed by atoms with Crippen molar-refractivity contribution in [3.8, 4) is 0 Å². The largest absolute Gasteiger partial charge is 0.311 e. The zero-order chi connectivity index (χ0) is 22.5. The van der Waals surface area contributed by atoms with E-state index in [-0.39, 0.29) is 18.0 Å². The van der Waals surface area contributed by atoms with Crippen LogP contribution in [0.2, 0.25) is 0 Å². The van der Waals surface area contributed by atoms with Gasteiger partial charge in [0.05, 0.1) is 12.2 Å². The van der Waals surface area contributed by atoms with Gasteiger partial charge in [-0.05, 0) is 42.0 Å². The number of amides is 2. The molecule has 3 aromatic rings. The second-order valence-electron chi connectivity index (χ2n) is 7.62. The molecular formula is C24H17F3N2O2S. The molecule has 1 fully saturated rings. The van der Waals surface area contributed by atoms with Gasteiger partial charge in [-0.3, -0.25) is 9.59 Å². The minimum Gasteiger partial charge on any atom is -0.311 e. The fourth-order valence-electron chi connectivity index (χ4n) is 4.32. The number of anilines is 1. The topological polar surface area (TPSA) is 40.6 Å². The van der Waals surface area contributed by atoms with Gasteiger partial charge >= 0.3 is 0 Å². The predicted octanol–water partition coefficient (Wildman–Crippen LogP) is 4.69. The van der Waals surface area contributed by atoms with E-state index in [1.54, 1.807) is 24.3 Å². The molecule has 2 aliphatic rings. The Kier molecular flexibility index (Phi) is 4.97. The SMILES string of the molecule is O=C(c1cccc(F)c1)N1CCSC12C(=O)N(Cc1ccc(F)c(F)c1)c1ccccc12. The van der Waals surface area contributed by atoms with Gasteiger partial charge in [0.25, 0.3) is 11.8 Å². The van der Waals surface area contributed by atoms with Gasteiger partial charge in [-0.15, -0.1) is 11.8 Å². The lowest BCUT2D eigenvalue weighted by molar-refractivity contribution is -0.123. The first kappa shape index (κ1) is 20.6. The molecule has 0 bridgehead atoms. The van der Waals surface area contributed by atoms with Crippen LogP contribution in [0.1, 0.15) is 21.5 Å². The van der Waals surface area contributed by atoms with Crippen LogP contribution < -0.4 is 4.90 Å². The van der Waals surface area contributed by atoms with E-state index in [0.717, 1.165) is 18.2 Å². The van der Waals surface area contributed by atoms with Crippen molar-refractivity contribution < 1.29 is 22.8 Å². The van der Waals surface area contributed by atoms with Crippen molar-refractivity contribution in [1.29, 1.82) is 0 Å². The molecule has 1 atom stereocenters. The third-order valence-corrected chi connectivity index (χ3v) is 7.16. The monoisotopic (exact) mass is 454 g/mol. The molecule has 0 aromatic heterocycles. The molecule has 32 heavy (non-hydrogen) atoms. The highest BCUT2D eigenvalue weighted by atomic mass is 32.2. The summed E-state index contributed by atoms with van der Waals surface area (Å²) < 4.78 is 40.9. The first-order valence-corrected chi connectivity index (χ1v) is 11.0. The van der Waals surface area contributed by atoms with Gasteiger partial charge in [0.2, 0.25) is 0 Å². The van der Waals surface area contributed by atoms with Crippen LogP contribution in [-0.4, -0.2) is 29.0 Å². The highest BCUT2D eigenvalue weighted by molar-refractivity contribution is 8.01. The summed E-state index contributed by atoms with van der Waals surface area (Å²) in [4.78, 5) is 28.9. The number of para-hydroxylation sites is 1. The Morgan fingerprint density at radius 1 is 0.969 bits per heavy atom. The predicted molar refractivity (Wildman–Crippen MR) is 116 cm³/mol. The summed E-state index contributed by atoms with van der Waals surface area (Å²) >= 11 is 1.34. The number of nitrogens with zero attached hydrogens (tertiary/aromatic N) is 2. The third-order valence-electron chi connectivity index (χ3n) is 5.74. The van der Waals surface area contributed by atoms with Gasteiger partial charge in [0.1, 0.15) is 5.82 Å². The molecule has 1 unspecified atom stereocenters. The summed E-state index contributed by atoms with van der Waals surface area (Å²) in [6, 6.07) is 16.0. The number of hydrogen-bond acceptors (Lipinski definition) is 3. The quantitative estimate of drug-likeness (QED) is 0.577. The zero-order valence-corrected chi connectivity index (χ0v) is 17.5.